The number of amides is 1. The van der Waals surface area contributed by atoms with Crippen LogP contribution >= 0.6 is 0 Å². The van der Waals surface area contributed by atoms with Crippen LogP contribution < -0.4 is 5.32 Å². The number of nitrogens with one attached hydrogen (secondary N) is 1. The normalized spacial score (nSPS) is 36.8. The highest BCUT2D eigenvalue weighted by molar-refractivity contribution is 5.96. The van der Waals surface area contributed by atoms with Gasteiger partial charge in [0.2, 0.25) is 0 Å². The van der Waals surface area contributed by atoms with Crippen LogP contribution in [0, 0.1) is 40.9 Å². The van der Waals surface area contributed by atoms with E-state index in [9.17, 15) is 20.1 Å². The first kappa shape index (κ1) is 26.6. The van der Waals surface area contributed by atoms with Crippen molar-refractivity contribution in [3.8, 4) is 23.8 Å². The van der Waals surface area contributed by atoms with E-state index in [1.54, 1.807) is 6.07 Å². The van der Waals surface area contributed by atoms with Crippen LogP contribution in [0.1, 0.15) is 70.8 Å². The minimum atomic E-state index is -0.968. The SMILES string of the molecule is C#C[C@@]1(O)CCC2C3CCC4=CC(=NOCC(=O)NCCc5ccc(O)c(O)c5)CC[C@]4(C)C3CC[C@@]21C. The first-order chi connectivity index (χ1) is 18.1. The van der Waals surface area contributed by atoms with Gasteiger partial charge in [0, 0.05) is 12.0 Å². The predicted octanol–water partition coefficient (Wildman–Crippen LogP) is 4.46. The third-order valence-electron chi connectivity index (χ3n) is 10.5. The summed E-state index contributed by atoms with van der Waals surface area (Å²) < 4.78 is 0. The second kappa shape index (κ2) is 9.96. The van der Waals surface area contributed by atoms with Gasteiger partial charge in [-0.1, -0.05) is 36.6 Å². The van der Waals surface area contributed by atoms with Crippen molar-refractivity contribution >= 4 is 11.6 Å². The van der Waals surface area contributed by atoms with Crippen LogP contribution in [0.3, 0.4) is 0 Å². The number of phenolic OH excluding ortho intramolecular Hbond substituents is 2. The number of carbonyl (C=O) groups excluding carboxylic acids is 1. The van der Waals surface area contributed by atoms with Gasteiger partial charge in [0.05, 0.1) is 5.71 Å². The van der Waals surface area contributed by atoms with Gasteiger partial charge in [0.15, 0.2) is 18.1 Å². The Morgan fingerprint density at radius 2 is 1.92 bits per heavy atom. The summed E-state index contributed by atoms with van der Waals surface area (Å²) in [6.45, 7) is 4.89. The average Bonchev–Trinajstić information content (AvgIpc) is 3.17. The molecule has 3 unspecified atom stereocenters. The Balaban J connectivity index is 1.15. The van der Waals surface area contributed by atoms with Gasteiger partial charge < -0.3 is 25.5 Å². The number of phenols is 2. The summed E-state index contributed by atoms with van der Waals surface area (Å²) in [5.41, 5.74) is 2.15. The molecule has 38 heavy (non-hydrogen) atoms. The summed E-state index contributed by atoms with van der Waals surface area (Å²) >= 11 is 0. The summed E-state index contributed by atoms with van der Waals surface area (Å²) in [5, 5.41) is 37.2. The van der Waals surface area contributed by atoms with E-state index < -0.39 is 5.60 Å². The number of fused-ring (bicyclic) bond motifs is 5. The number of benzene rings is 1. The minimum Gasteiger partial charge on any atom is -0.504 e. The highest BCUT2D eigenvalue weighted by atomic mass is 16.6. The first-order valence-corrected chi connectivity index (χ1v) is 14.0. The summed E-state index contributed by atoms with van der Waals surface area (Å²) in [7, 11) is 0. The molecule has 0 spiro atoms. The minimum absolute atomic E-state index is 0.139. The smallest absolute Gasteiger partial charge is 0.260 e. The third-order valence-corrected chi connectivity index (χ3v) is 10.5. The molecule has 0 bridgehead atoms. The Bertz CT molecular complexity index is 1200. The molecule has 4 N–H and O–H groups in total. The van der Waals surface area contributed by atoms with Crippen molar-refractivity contribution in [3.63, 3.8) is 0 Å². The van der Waals surface area contributed by atoms with E-state index in [2.05, 4.69) is 36.3 Å². The lowest BCUT2D eigenvalue weighted by atomic mass is 9.46. The zero-order valence-corrected chi connectivity index (χ0v) is 22.5. The van der Waals surface area contributed by atoms with Crippen LogP contribution in [0.2, 0.25) is 0 Å². The standard InChI is InChI=1S/C31H40N2O5/c1-4-31(37)15-11-25-23-7-6-21-18-22(9-13-29(21,2)24(23)10-14-30(25,31)3)33-38-19-28(36)32-16-12-20-5-8-26(34)27(35)17-20/h1,5,8,17-18,23-25,34-35,37H,6-7,9-16,19H2,2-3H3,(H,32,36)/t23?,24?,25?,29-,30-,31+/m0/s1. The average molecular weight is 521 g/mol. The van der Waals surface area contributed by atoms with Crippen molar-refractivity contribution in [2.75, 3.05) is 13.2 Å². The molecule has 7 nitrogen and oxygen atoms in total. The van der Waals surface area contributed by atoms with E-state index in [-0.39, 0.29) is 34.8 Å². The Kier molecular flexibility index (Phi) is 6.98. The van der Waals surface area contributed by atoms with Crippen molar-refractivity contribution < 1.29 is 25.0 Å². The summed E-state index contributed by atoms with van der Waals surface area (Å²) in [5.74, 6) is 3.87. The van der Waals surface area contributed by atoms with E-state index in [1.807, 2.05) is 0 Å². The summed E-state index contributed by atoms with van der Waals surface area (Å²) in [6.07, 6.45) is 16.4. The van der Waals surface area contributed by atoms with Crippen molar-refractivity contribution in [3.05, 3.63) is 35.4 Å². The fraction of sp³-hybridized carbons (Fsp3) is 0.613. The number of hydrogen-bond donors (Lipinski definition) is 4. The maximum absolute atomic E-state index is 12.2. The van der Waals surface area contributed by atoms with Crippen molar-refractivity contribution in [2.24, 2.45) is 33.7 Å². The number of aromatic hydroxyl groups is 2. The number of aliphatic hydroxyl groups is 1. The number of oxime groups is 1. The second-order valence-corrected chi connectivity index (χ2v) is 12.3. The molecule has 0 aliphatic heterocycles. The van der Waals surface area contributed by atoms with Crippen LogP contribution in [-0.4, -0.2) is 45.7 Å². The van der Waals surface area contributed by atoms with Gasteiger partial charge in [-0.05, 0) is 105 Å². The van der Waals surface area contributed by atoms with Gasteiger partial charge in [-0.15, -0.1) is 6.42 Å². The molecule has 0 aromatic heterocycles. The molecular weight excluding hydrogens is 480 g/mol. The van der Waals surface area contributed by atoms with Crippen LogP contribution in [-0.2, 0) is 16.1 Å². The van der Waals surface area contributed by atoms with Crippen LogP contribution in [0.5, 0.6) is 11.5 Å². The molecule has 3 saturated carbocycles. The molecule has 7 heteroatoms. The summed E-state index contributed by atoms with van der Waals surface area (Å²) in [4.78, 5) is 17.6. The predicted molar refractivity (Wildman–Crippen MR) is 145 cm³/mol. The van der Waals surface area contributed by atoms with E-state index in [0.29, 0.717) is 30.7 Å². The fourth-order valence-corrected chi connectivity index (χ4v) is 8.19. The van der Waals surface area contributed by atoms with Crippen molar-refractivity contribution in [2.45, 2.75) is 77.2 Å². The van der Waals surface area contributed by atoms with E-state index in [4.69, 9.17) is 11.3 Å². The number of hydrogen-bond acceptors (Lipinski definition) is 6. The van der Waals surface area contributed by atoms with Crippen LogP contribution in [0.4, 0.5) is 0 Å². The molecule has 1 amide bonds. The molecule has 4 aliphatic rings. The quantitative estimate of drug-likeness (QED) is 0.252. The van der Waals surface area contributed by atoms with Crippen molar-refractivity contribution in [1.29, 1.82) is 0 Å². The molecule has 3 fully saturated rings. The third kappa shape index (κ3) is 4.47. The van der Waals surface area contributed by atoms with Gasteiger partial charge >= 0.3 is 0 Å². The Labute approximate surface area is 225 Å². The van der Waals surface area contributed by atoms with E-state index in [1.165, 1.54) is 17.7 Å². The lowest BCUT2D eigenvalue weighted by molar-refractivity contribution is -0.125. The highest BCUT2D eigenvalue weighted by Crippen LogP contribution is 2.67. The number of carbonyl (C=O) groups is 1. The van der Waals surface area contributed by atoms with Gasteiger partial charge in [-0.3, -0.25) is 4.79 Å². The number of rotatable bonds is 6. The molecule has 0 radical (unpaired) electrons. The van der Waals surface area contributed by atoms with Gasteiger partial charge in [-0.2, -0.15) is 0 Å². The Morgan fingerprint density at radius 1 is 1.13 bits per heavy atom. The Hall–Kier alpha value is -2.98. The lowest BCUT2D eigenvalue weighted by Gasteiger charge is -2.58. The molecule has 5 rings (SSSR count). The topological polar surface area (TPSA) is 111 Å². The highest BCUT2D eigenvalue weighted by Gasteiger charge is 2.63. The van der Waals surface area contributed by atoms with Gasteiger partial charge in [0.25, 0.3) is 5.91 Å². The monoisotopic (exact) mass is 520 g/mol. The van der Waals surface area contributed by atoms with Gasteiger partial charge in [0.1, 0.15) is 5.60 Å². The number of terminal acetylenes is 1. The maximum atomic E-state index is 12.2. The molecular formula is C31H40N2O5. The molecule has 4 aliphatic carbocycles. The summed E-state index contributed by atoms with van der Waals surface area (Å²) in [6, 6.07) is 4.62. The maximum Gasteiger partial charge on any atom is 0.260 e. The zero-order chi connectivity index (χ0) is 27.1. The van der Waals surface area contributed by atoms with E-state index >= 15 is 0 Å². The largest absolute Gasteiger partial charge is 0.504 e. The van der Waals surface area contributed by atoms with Crippen LogP contribution in [0.15, 0.2) is 35.0 Å². The number of nitrogens with zero attached hydrogens (tertiary/aromatic N) is 1. The molecule has 0 saturated heterocycles. The van der Waals surface area contributed by atoms with Crippen LogP contribution in [0.25, 0.3) is 0 Å². The fourth-order valence-electron chi connectivity index (χ4n) is 8.19. The molecule has 1 aromatic carbocycles. The van der Waals surface area contributed by atoms with Crippen molar-refractivity contribution in [1.82, 2.24) is 5.32 Å². The first-order valence-electron chi connectivity index (χ1n) is 14.0. The number of allylic oxidation sites excluding steroid dienone is 2. The van der Waals surface area contributed by atoms with Gasteiger partial charge in [-0.25, -0.2) is 0 Å². The Morgan fingerprint density at radius 3 is 2.68 bits per heavy atom. The lowest BCUT2D eigenvalue weighted by Crippen LogP contribution is -2.54. The van der Waals surface area contributed by atoms with E-state index in [0.717, 1.165) is 62.6 Å². The molecule has 0 heterocycles. The molecule has 6 atom stereocenters. The molecule has 1 aromatic rings. The zero-order valence-electron chi connectivity index (χ0n) is 22.5. The second-order valence-electron chi connectivity index (χ2n) is 12.3. The molecule has 204 valence electrons.